The number of rotatable bonds is 3. The quantitative estimate of drug-likeness (QED) is 0.451. The van der Waals surface area contributed by atoms with E-state index in [1.807, 2.05) is 17.7 Å². The summed E-state index contributed by atoms with van der Waals surface area (Å²) in [6.07, 6.45) is 0. The number of fused-ring (bicyclic) bond motifs is 1. The monoisotopic (exact) mass is 397 g/mol. The van der Waals surface area contributed by atoms with E-state index in [1.165, 1.54) is 11.1 Å². The molecule has 3 aromatic heterocycles. The Labute approximate surface area is 153 Å². The summed E-state index contributed by atoms with van der Waals surface area (Å²) >= 11 is 5.25. The first kappa shape index (κ1) is 15.5. The van der Waals surface area contributed by atoms with E-state index in [0.29, 0.717) is 0 Å². The largest absolute Gasteiger partial charge is 0.242 e. The molecule has 0 spiro atoms. The second kappa shape index (κ2) is 6.15. The third-order valence-electron chi connectivity index (χ3n) is 4.01. The van der Waals surface area contributed by atoms with E-state index in [0.717, 1.165) is 37.6 Å². The Balaban J connectivity index is 1.94. The fourth-order valence-corrected chi connectivity index (χ4v) is 4.37. The number of hydrogen-bond donors (Lipinski definition) is 0. The van der Waals surface area contributed by atoms with E-state index in [4.69, 9.17) is 10.1 Å². The molecule has 0 atom stereocenters. The van der Waals surface area contributed by atoms with E-state index in [9.17, 15) is 0 Å². The molecule has 5 heteroatoms. The van der Waals surface area contributed by atoms with Gasteiger partial charge in [-0.2, -0.15) is 5.10 Å². The smallest absolute Gasteiger partial charge is 0.159 e. The first-order valence-electron chi connectivity index (χ1n) is 7.76. The van der Waals surface area contributed by atoms with Crippen molar-refractivity contribution in [3.63, 3.8) is 0 Å². The zero-order valence-corrected chi connectivity index (χ0v) is 15.9. The van der Waals surface area contributed by atoms with Gasteiger partial charge >= 0.3 is 0 Å². The predicted octanol–water partition coefficient (Wildman–Crippen LogP) is 5.59. The number of nitrogens with zero attached hydrogens (tertiary/aromatic N) is 3. The average molecular weight is 398 g/mol. The summed E-state index contributed by atoms with van der Waals surface area (Å²) in [6.45, 7) is 4.89. The molecule has 1 aromatic carbocycles. The molecular formula is C19H16BrN3S. The van der Waals surface area contributed by atoms with Crippen molar-refractivity contribution in [3.05, 3.63) is 69.1 Å². The third-order valence-corrected chi connectivity index (χ3v) is 5.64. The summed E-state index contributed by atoms with van der Waals surface area (Å²) in [5.74, 6) is 0. The molecule has 0 radical (unpaired) electrons. The zero-order valence-electron chi connectivity index (χ0n) is 13.5. The molecule has 0 unspecified atom stereocenters. The van der Waals surface area contributed by atoms with Gasteiger partial charge < -0.3 is 0 Å². The fraction of sp³-hybridized carbons (Fsp3) is 0.158. The summed E-state index contributed by atoms with van der Waals surface area (Å²) in [6, 6.07) is 16.7. The van der Waals surface area contributed by atoms with Crippen LogP contribution in [0, 0.1) is 13.8 Å². The molecule has 0 fully saturated rings. The Kier molecular flexibility index (Phi) is 3.98. The third kappa shape index (κ3) is 2.78. The molecule has 0 N–H and O–H groups in total. The molecule has 0 aliphatic heterocycles. The van der Waals surface area contributed by atoms with Crippen LogP contribution in [0.1, 0.15) is 16.8 Å². The van der Waals surface area contributed by atoms with E-state index >= 15 is 0 Å². The minimum atomic E-state index is 0.722. The maximum absolute atomic E-state index is 4.91. The van der Waals surface area contributed by atoms with E-state index < -0.39 is 0 Å². The SMILES string of the molecule is Cc1cc(C)c2c(-c3ccc(Br)s3)nn(Cc3ccccc3)c2n1. The van der Waals surface area contributed by atoms with Crippen LogP contribution in [0.3, 0.4) is 0 Å². The molecule has 3 heterocycles. The summed E-state index contributed by atoms with van der Waals surface area (Å²) in [4.78, 5) is 5.94. The van der Waals surface area contributed by atoms with Gasteiger partial charge in [0.2, 0.25) is 0 Å². The Bertz CT molecular complexity index is 1020. The van der Waals surface area contributed by atoms with Crippen molar-refractivity contribution in [3.8, 4) is 10.6 Å². The fourth-order valence-electron chi connectivity index (χ4n) is 3.00. The van der Waals surface area contributed by atoms with Gasteiger partial charge in [-0.25, -0.2) is 9.67 Å². The minimum Gasteiger partial charge on any atom is -0.242 e. The molecule has 120 valence electrons. The summed E-state index contributed by atoms with van der Waals surface area (Å²) in [5.41, 5.74) is 5.43. The number of pyridine rings is 1. The highest BCUT2D eigenvalue weighted by molar-refractivity contribution is 9.11. The minimum absolute atomic E-state index is 0.722. The second-order valence-electron chi connectivity index (χ2n) is 5.87. The normalized spacial score (nSPS) is 11.3. The summed E-state index contributed by atoms with van der Waals surface area (Å²) in [5, 5.41) is 6.06. The van der Waals surface area contributed by atoms with Crippen molar-refractivity contribution in [2.24, 2.45) is 0 Å². The molecule has 0 bridgehead atoms. The van der Waals surface area contributed by atoms with Crippen LogP contribution in [0.25, 0.3) is 21.6 Å². The van der Waals surface area contributed by atoms with Crippen LogP contribution < -0.4 is 0 Å². The molecule has 0 aliphatic rings. The van der Waals surface area contributed by atoms with Crippen LogP contribution in [0.2, 0.25) is 0 Å². The van der Waals surface area contributed by atoms with Gasteiger partial charge in [0.25, 0.3) is 0 Å². The first-order chi connectivity index (χ1) is 11.6. The molecule has 0 aliphatic carbocycles. The molecular weight excluding hydrogens is 382 g/mol. The van der Waals surface area contributed by atoms with E-state index in [2.05, 4.69) is 65.3 Å². The number of hydrogen-bond acceptors (Lipinski definition) is 3. The second-order valence-corrected chi connectivity index (χ2v) is 8.34. The van der Waals surface area contributed by atoms with Crippen molar-refractivity contribution in [1.82, 2.24) is 14.8 Å². The summed E-state index contributed by atoms with van der Waals surface area (Å²) < 4.78 is 3.13. The average Bonchev–Trinajstić information content (AvgIpc) is 3.13. The molecule has 0 amide bonds. The molecule has 0 saturated heterocycles. The molecule has 3 nitrogen and oxygen atoms in total. The van der Waals surface area contributed by atoms with E-state index in [-0.39, 0.29) is 0 Å². The zero-order chi connectivity index (χ0) is 16.7. The lowest BCUT2D eigenvalue weighted by Gasteiger charge is -2.04. The van der Waals surface area contributed by atoms with Gasteiger partial charge in [0.15, 0.2) is 5.65 Å². The van der Waals surface area contributed by atoms with Gasteiger partial charge in [-0.3, -0.25) is 0 Å². The van der Waals surface area contributed by atoms with Gasteiger partial charge in [0, 0.05) is 5.69 Å². The van der Waals surface area contributed by atoms with Crippen LogP contribution in [0.15, 0.2) is 52.3 Å². The number of aromatic nitrogens is 3. The van der Waals surface area contributed by atoms with Crippen molar-refractivity contribution in [1.29, 1.82) is 0 Å². The van der Waals surface area contributed by atoms with Crippen molar-refractivity contribution < 1.29 is 0 Å². The Morgan fingerprint density at radius 3 is 2.58 bits per heavy atom. The van der Waals surface area contributed by atoms with Crippen LogP contribution in [-0.4, -0.2) is 14.8 Å². The predicted molar refractivity (Wildman–Crippen MR) is 104 cm³/mol. The number of benzene rings is 1. The maximum atomic E-state index is 4.91. The highest BCUT2D eigenvalue weighted by Crippen LogP contribution is 2.36. The lowest BCUT2D eigenvalue weighted by molar-refractivity contribution is 0.706. The maximum Gasteiger partial charge on any atom is 0.159 e. The summed E-state index contributed by atoms with van der Waals surface area (Å²) in [7, 11) is 0. The molecule has 4 rings (SSSR count). The van der Waals surface area contributed by atoms with Gasteiger partial charge in [-0.15, -0.1) is 11.3 Å². The van der Waals surface area contributed by atoms with Gasteiger partial charge in [-0.05, 0) is 59.1 Å². The topological polar surface area (TPSA) is 30.7 Å². The number of thiophene rings is 1. The number of aryl methyl sites for hydroxylation is 2. The highest BCUT2D eigenvalue weighted by atomic mass is 79.9. The van der Waals surface area contributed by atoms with Crippen molar-refractivity contribution >= 4 is 38.3 Å². The Morgan fingerprint density at radius 1 is 1.08 bits per heavy atom. The van der Waals surface area contributed by atoms with Gasteiger partial charge in [0.1, 0.15) is 5.69 Å². The number of halogens is 1. The Morgan fingerprint density at radius 2 is 1.88 bits per heavy atom. The first-order valence-corrected chi connectivity index (χ1v) is 9.37. The molecule has 4 aromatic rings. The van der Waals surface area contributed by atoms with Crippen molar-refractivity contribution in [2.45, 2.75) is 20.4 Å². The lowest BCUT2D eigenvalue weighted by Crippen LogP contribution is -2.03. The van der Waals surface area contributed by atoms with Crippen molar-refractivity contribution in [2.75, 3.05) is 0 Å². The van der Waals surface area contributed by atoms with Crippen LogP contribution >= 0.6 is 27.3 Å². The van der Waals surface area contributed by atoms with E-state index in [1.54, 1.807) is 11.3 Å². The Hall–Kier alpha value is -1.98. The van der Waals surface area contributed by atoms with Gasteiger partial charge in [0.05, 0.1) is 20.6 Å². The van der Waals surface area contributed by atoms with Crippen LogP contribution in [0.4, 0.5) is 0 Å². The standard InChI is InChI=1S/C19H16BrN3S/c1-12-10-13(2)21-19-17(12)18(15-8-9-16(20)24-15)22-23(19)11-14-6-4-3-5-7-14/h3-10H,11H2,1-2H3. The highest BCUT2D eigenvalue weighted by Gasteiger charge is 2.17. The van der Waals surface area contributed by atoms with Crippen LogP contribution in [0.5, 0.6) is 0 Å². The molecule has 24 heavy (non-hydrogen) atoms. The van der Waals surface area contributed by atoms with Gasteiger partial charge in [-0.1, -0.05) is 30.3 Å². The molecule has 0 saturated carbocycles. The van der Waals surface area contributed by atoms with Crippen LogP contribution in [-0.2, 0) is 6.54 Å². The lowest BCUT2D eigenvalue weighted by atomic mass is 10.1.